The Morgan fingerprint density at radius 2 is 1.95 bits per heavy atom. The predicted molar refractivity (Wildman–Crippen MR) is 80.8 cm³/mol. The number of sulfone groups is 1. The predicted octanol–water partition coefficient (Wildman–Crippen LogP) is 3.04. The summed E-state index contributed by atoms with van der Waals surface area (Å²) in [6, 6.07) is 12.5. The fourth-order valence-electron chi connectivity index (χ4n) is 2.64. The topological polar surface area (TPSA) is 60.2 Å². The van der Waals surface area contributed by atoms with Crippen molar-refractivity contribution in [1.82, 2.24) is 0 Å². The molecule has 104 valence electrons. The second-order valence-electron chi connectivity index (χ2n) is 5.06. The zero-order valence-corrected chi connectivity index (χ0v) is 12.3. The van der Waals surface area contributed by atoms with E-state index in [0.29, 0.717) is 5.02 Å². The Morgan fingerprint density at radius 1 is 1.20 bits per heavy atom. The molecule has 0 aromatic heterocycles. The van der Waals surface area contributed by atoms with Crippen molar-refractivity contribution in [3.8, 4) is 0 Å². The van der Waals surface area contributed by atoms with Crippen molar-refractivity contribution in [2.75, 3.05) is 11.5 Å². The molecule has 0 aliphatic heterocycles. The van der Waals surface area contributed by atoms with E-state index in [1.54, 1.807) is 6.07 Å². The summed E-state index contributed by atoms with van der Waals surface area (Å²) in [4.78, 5) is 0.134. The number of benzene rings is 2. The second-order valence-corrected chi connectivity index (χ2v) is 7.50. The van der Waals surface area contributed by atoms with Gasteiger partial charge in [-0.15, -0.1) is 0 Å². The van der Waals surface area contributed by atoms with E-state index in [9.17, 15) is 8.42 Å². The minimum absolute atomic E-state index is 0.0505. The molecule has 1 aliphatic rings. The Hall–Kier alpha value is -1.52. The Balaban J connectivity index is 1.90. The molecule has 0 bridgehead atoms. The highest BCUT2D eigenvalue weighted by Gasteiger charge is 2.31. The highest BCUT2D eigenvalue weighted by Crippen LogP contribution is 2.37. The van der Waals surface area contributed by atoms with E-state index in [1.807, 2.05) is 24.3 Å². The fourth-order valence-corrected chi connectivity index (χ4v) is 4.62. The average molecular weight is 308 g/mol. The molecule has 0 fully saturated rings. The summed E-state index contributed by atoms with van der Waals surface area (Å²) in [6.45, 7) is 0. The van der Waals surface area contributed by atoms with Crippen LogP contribution >= 0.6 is 11.6 Å². The number of rotatable bonds is 3. The van der Waals surface area contributed by atoms with E-state index in [-0.39, 0.29) is 22.3 Å². The molecule has 20 heavy (non-hydrogen) atoms. The first-order valence-electron chi connectivity index (χ1n) is 6.33. The molecule has 1 atom stereocenters. The van der Waals surface area contributed by atoms with E-state index in [4.69, 9.17) is 17.3 Å². The van der Waals surface area contributed by atoms with Crippen molar-refractivity contribution in [2.24, 2.45) is 0 Å². The molecule has 2 aromatic rings. The van der Waals surface area contributed by atoms with Gasteiger partial charge in [-0.05, 0) is 35.7 Å². The molecule has 0 saturated carbocycles. The zero-order valence-electron chi connectivity index (χ0n) is 10.7. The summed E-state index contributed by atoms with van der Waals surface area (Å²) in [6.07, 6.45) is 0.801. The van der Waals surface area contributed by atoms with Crippen molar-refractivity contribution < 1.29 is 8.42 Å². The quantitative estimate of drug-likeness (QED) is 0.887. The Kier molecular flexibility index (Phi) is 3.22. The molecule has 2 N–H and O–H groups in total. The maximum Gasteiger partial charge on any atom is 0.181 e. The Morgan fingerprint density at radius 3 is 2.70 bits per heavy atom. The van der Waals surface area contributed by atoms with Gasteiger partial charge in [-0.2, -0.15) is 0 Å². The molecular formula is C15H14ClNO2S. The van der Waals surface area contributed by atoms with Crippen LogP contribution in [0.5, 0.6) is 0 Å². The van der Waals surface area contributed by atoms with Gasteiger partial charge >= 0.3 is 0 Å². The molecule has 2 aromatic carbocycles. The first-order chi connectivity index (χ1) is 9.47. The first kappa shape index (κ1) is 13.5. The molecular weight excluding hydrogens is 294 g/mol. The van der Waals surface area contributed by atoms with Gasteiger partial charge in [0.25, 0.3) is 0 Å². The third-order valence-corrected chi connectivity index (χ3v) is 5.79. The Labute approximate surface area is 123 Å². The maximum absolute atomic E-state index is 12.5. The number of nitrogens with two attached hydrogens (primary N) is 1. The number of halogens is 1. The van der Waals surface area contributed by atoms with Gasteiger partial charge in [0, 0.05) is 10.9 Å². The van der Waals surface area contributed by atoms with Crippen LogP contribution in [-0.4, -0.2) is 14.2 Å². The van der Waals surface area contributed by atoms with Gasteiger partial charge in [0.15, 0.2) is 9.84 Å². The molecule has 0 heterocycles. The van der Waals surface area contributed by atoms with Crippen LogP contribution in [0.2, 0.25) is 5.02 Å². The third-order valence-electron chi connectivity index (χ3n) is 3.69. The van der Waals surface area contributed by atoms with Gasteiger partial charge < -0.3 is 5.73 Å². The third kappa shape index (κ3) is 2.30. The monoisotopic (exact) mass is 307 g/mol. The van der Waals surface area contributed by atoms with Crippen molar-refractivity contribution in [2.45, 2.75) is 17.2 Å². The van der Waals surface area contributed by atoms with E-state index >= 15 is 0 Å². The minimum atomic E-state index is -3.43. The minimum Gasteiger partial charge on any atom is -0.398 e. The van der Waals surface area contributed by atoms with Crippen LogP contribution in [0, 0.1) is 0 Å². The summed E-state index contributed by atoms with van der Waals surface area (Å²) in [5.74, 6) is 0.128. The van der Waals surface area contributed by atoms with Gasteiger partial charge in [-0.3, -0.25) is 0 Å². The zero-order chi connectivity index (χ0) is 14.3. The van der Waals surface area contributed by atoms with Crippen molar-refractivity contribution >= 4 is 27.1 Å². The lowest BCUT2D eigenvalue weighted by molar-refractivity contribution is 0.577. The van der Waals surface area contributed by atoms with Gasteiger partial charge in [0.2, 0.25) is 0 Å². The lowest BCUT2D eigenvalue weighted by Gasteiger charge is -2.29. The summed E-state index contributed by atoms with van der Waals surface area (Å²) in [5, 5.41) is 0.381. The van der Waals surface area contributed by atoms with Crippen molar-refractivity contribution in [3.63, 3.8) is 0 Å². The standard InChI is InChI=1S/C15H14ClNO2S/c16-12-5-6-14(17)15(8-12)20(18,19)9-11-7-10-3-1-2-4-13(10)11/h1-6,8,11H,7,9,17H2. The normalized spacial score (nSPS) is 17.4. The lowest BCUT2D eigenvalue weighted by Crippen LogP contribution is -2.25. The second kappa shape index (κ2) is 4.79. The Bertz CT molecular complexity index is 771. The van der Waals surface area contributed by atoms with E-state index in [0.717, 1.165) is 12.0 Å². The molecule has 3 rings (SSSR count). The van der Waals surface area contributed by atoms with Gasteiger partial charge in [-0.1, -0.05) is 35.9 Å². The van der Waals surface area contributed by atoms with Crippen LogP contribution in [0.15, 0.2) is 47.4 Å². The average Bonchev–Trinajstić information content (AvgIpc) is 2.39. The molecule has 5 heteroatoms. The molecule has 0 amide bonds. The van der Waals surface area contributed by atoms with Crippen molar-refractivity contribution in [3.05, 3.63) is 58.6 Å². The SMILES string of the molecule is Nc1ccc(Cl)cc1S(=O)(=O)CC1Cc2ccccc21. The smallest absolute Gasteiger partial charge is 0.181 e. The fraction of sp³-hybridized carbons (Fsp3) is 0.200. The molecule has 1 unspecified atom stereocenters. The molecule has 0 saturated heterocycles. The van der Waals surface area contributed by atoms with Crippen LogP contribution < -0.4 is 5.73 Å². The molecule has 0 spiro atoms. The van der Waals surface area contributed by atoms with Crippen LogP contribution in [0.1, 0.15) is 17.0 Å². The van der Waals surface area contributed by atoms with Gasteiger partial charge in [-0.25, -0.2) is 8.42 Å². The summed E-state index contributed by atoms with van der Waals surface area (Å²) in [5.41, 5.74) is 8.37. The number of fused-ring (bicyclic) bond motifs is 1. The lowest BCUT2D eigenvalue weighted by atomic mass is 9.79. The summed E-state index contributed by atoms with van der Waals surface area (Å²) in [7, 11) is -3.43. The number of nitrogen functional groups attached to an aromatic ring is 1. The maximum atomic E-state index is 12.5. The van der Waals surface area contributed by atoms with Crippen LogP contribution in [-0.2, 0) is 16.3 Å². The van der Waals surface area contributed by atoms with Gasteiger partial charge in [0.05, 0.1) is 16.3 Å². The summed E-state index contributed by atoms with van der Waals surface area (Å²) >= 11 is 5.87. The number of hydrogen-bond acceptors (Lipinski definition) is 3. The van der Waals surface area contributed by atoms with E-state index in [2.05, 4.69) is 0 Å². The molecule has 1 aliphatic carbocycles. The number of anilines is 1. The van der Waals surface area contributed by atoms with E-state index < -0.39 is 9.84 Å². The molecule has 3 nitrogen and oxygen atoms in total. The first-order valence-corrected chi connectivity index (χ1v) is 8.36. The number of hydrogen-bond donors (Lipinski definition) is 1. The van der Waals surface area contributed by atoms with E-state index in [1.165, 1.54) is 17.7 Å². The van der Waals surface area contributed by atoms with Crippen molar-refractivity contribution in [1.29, 1.82) is 0 Å². The summed E-state index contributed by atoms with van der Waals surface area (Å²) < 4.78 is 25.0. The van der Waals surface area contributed by atoms with Crippen LogP contribution in [0.25, 0.3) is 0 Å². The van der Waals surface area contributed by atoms with Gasteiger partial charge in [0.1, 0.15) is 0 Å². The van der Waals surface area contributed by atoms with Crippen LogP contribution in [0.4, 0.5) is 5.69 Å². The molecule has 0 radical (unpaired) electrons. The van der Waals surface area contributed by atoms with Crippen LogP contribution in [0.3, 0.4) is 0 Å². The highest BCUT2D eigenvalue weighted by molar-refractivity contribution is 7.91. The highest BCUT2D eigenvalue weighted by atomic mass is 35.5. The largest absolute Gasteiger partial charge is 0.398 e.